The third kappa shape index (κ3) is 6.31. The Bertz CT molecular complexity index is 420. The number of hydrogen-bond acceptors (Lipinski definition) is 2. The molecule has 5 nitrogen and oxygen atoms in total. The predicted molar refractivity (Wildman–Crippen MR) is 74.9 cm³/mol. The summed E-state index contributed by atoms with van der Waals surface area (Å²) in [6.45, 7) is 2.71. The van der Waals surface area contributed by atoms with Crippen LogP contribution in [-0.2, 0) is 16.1 Å². The van der Waals surface area contributed by atoms with Crippen LogP contribution in [0.15, 0.2) is 30.6 Å². The Morgan fingerprint density at radius 1 is 1.20 bits per heavy atom. The summed E-state index contributed by atoms with van der Waals surface area (Å²) < 4.78 is 1.78. The summed E-state index contributed by atoms with van der Waals surface area (Å²) in [6.07, 6.45) is 6.70. The first-order valence-electron chi connectivity index (χ1n) is 7.07. The summed E-state index contributed by atoms with van der Waals surface area (Å²) >= 11 is 0. The molecule has 1 rings (SSSR count). The number of carbonyl (C=O) groups is 2. The van der Waals surface area contributed by atoms with Crippen LogP contribution in [0.4, 0.5) is 0 Å². The predicted octanol–water partition coefficient (Wildman–Crippen LogP) is 1.37. The van der Waals surface area contributed by atoms with E-state index in [2.05, 4.69) is 5.32 Å². The lowest BCUT2D eigenvalue weighted by Crippen LogP contribution is -2.42. The molecule has 2 N–H and O–H groups in total. The molecule has 0 radical (unpaired) electrons. The first-order valence-corrected chi connectivity index (χ1v) is 7.07. The van der Waals surface area contributed by atoms with Gasteiger partial charge in [0.1, 0.15) is 0 Å². The average molecular weight is 279 g/mol. The highest BCUT2D eigenvalue weighted by Crippen LogP contribution is 2.12. The fourth-order valence-electron chi connectivity index (χ4n) is 1.99. The van der Waals surface area contributed by atoms with E-state index in [4.69, 9.17) is 5.11 Å². The molecule has 1 atom stereocenters. The number of nitrogens with zero attached hydrogens (tertiary/aromatic N) is 1. The van der Waals surface area contributed by atoms with Gasteiger partial charge in [-0.15, -0.1) is 0 Å². The van der Waals surface area contributed by atoms with E-state index in [1.807, 2.05) is 37.5 Å². The number of carboxylic acid groups (broad SMARTS) is 1. The third-order valence-corrected chi connectivity index (χ3v) is 3.17. The molecule has 1 aromatic heterocycles. The fraction of sp³-hybridized carbons (Fsp3) is 0.533. The highest BCUT2D eigenvalue weighted by Gasteiger charge is 2.17. The summed E-state index contributed by atoms with van der Waals surface area (Å²) in [7, 11) is 0. The molecule has 1 amide bonds. The van der Waals surface area contributed by atoms with Crippen LogP contribution in [0, 0.1) is 5.92 Å². The van der Waals surface area contributed by atoms with Gasteiger partial charge in [0, 0.05) is 18.7 Å². The zero-order valence-electron chi connectivity index (χ0n) is 11.9. The lowest BCUT2D eigenvalue weighted by molar-refractivity contribution is -0.684. The van der Waals surface area contributed by atoms with Crippen LogP contribution in [0.3, 0.4) is 0 Å². The van der Waals surface area contributed by atoms with E-state index in [0.29, 0.717) is 19.4 Å². The Kier molecular flexibility index (Phi) is 7.32. The van der Waals surface area contributed by atoms with Gasteiger partial charge in [0.25, 0.3) is 5.91 Å². The van der Waals surface area contributed by atoms with E-state index < -0.39 is 5.97 Å². The van der Waals surface area contributed by atoms with Crippen molar-refractivity contribution in [2.24, 2.45) is 5.92 Å². The number of carboxylic acids is 1. The van der Waals surface area contributed by atoms with Gasteiger partial charge in [-0.25, -0.2) is 0 Å². The number of hydrogen-bond donors (Lipinski definition) is 2. The van der Waals surface area contributed by atoms with Gasteiger partial charge in [0.05, 0.1) is 5.92 Å². The Labute approximate surface area is 119 Å². The highest BCUT2D eigenvalue weighted by atomic mass is 16.4. The zero-order chi connectivity index (χ0) is 14.8. The lowest BCUT2D eigenvalue weighted by Gasteiger charge is -2.11. The highest BCUT2D eigenvalue weighted by molar-refractivity contribution is 5.74. The summed E-state index contributed by atoms with van der Waals surface area (Å²) in [4.78, 5) is 22.8. The van der Waals surface area contributed by atoms with E-state index in [-0.39, 0.29) is 18.4 Å². The smallest absolute Gasteiger partial charge is 0.306 e. The Hall–Kier alpha value is -1.91. The maximum absolute atomic E-state index is 11.7. The van der Waals surface area contributed by atoms with Crippen molar-refractivity contribution in [3.63, 3.8) is 0 Å². The third-order valence-electron chi connectivity index (χ3n) is 3.17. The lowest BCUT2D eigenvalue weighted by atomic mass is 9.99. The molecule has 1 heterocycles. The number of rotatable bonds is 9. The number of unbranched alkanes of at least 4 members (excludes halogenated alkanes) is 1. The van der Waals surface area contributed by atoms with Crippen LogP contribution in [-0.4, -0.2) is 23.5 Å². The molecule has 0 aromatic carbocycles. The van der Waals surface area contributed by atoms with Gasteiger partial charge in [0.2, 0.25) is 6.54 Å². The topological polar surface area (TPSA) is 70.3 Å². The van der Waals surface area contributed by atoms with Crippen LogP contribution in [0.5, 0.6) is 0 Å². The molecular weight excluding hydrogens is 256 g/mol. The van der Waals surface area contributed by atoms with E-state index >= 15 is 0 Å². The standard InChI is InChI=1S/C15H22N2O3/c1-2-3-7-13(15(19)20)8-9-16-14(18)12-17-10-5-4-6-11-17/h4-6,10-11,13H,2-3,7-9,12H2,1H3,(H-,16,18,19,20)/p+1. The van der Waals surface area contributed by atoms with E-state index in [9.17, 15) is 9.59 Å². The number of aromatic nitrogens is 1. The first kappa shape index (κ1) is 16.1. The fourth-order valence-corrected chi connectivity index (χ4v) is 1.99. The molecule has 20 heavy (non-hydrogen) atoms. The molecule has 0 spiro atoms. The van der Waals surface area contributed by atoms with Gasteiger partial charge in [-0.1, -0.05) is 25.8 Å². The largest absolute Gasteiger partial charge is 0.481 e. The molecule has 0 bridgehead atoms. The molecule has 1 unspecified atom stereocenters. The second-order valence-corrected chi connectivity index (χ2v) is 4.86. The molecule has 0 saturated carbocycles. The number of aliphatic carboxylic acids is 1. The molecule has 0 fully saturated rings. The molecule has 1 aromatic rings. The van der Waals surface area contributed by atoms with Crippen LogP contribution in [0.25, 0.3) is 0 Å². The summed E-state index contributed by atoms with van der Waals surface area (Å²) in [5.74, 6) is -1.23. The summed E-state index contributed by atoms with van der Waals surface area (Å²) in [6, 6.07) is 5.61. The van der Waals surface area contributed by atoms with Crippen LogP contribution in [0.1, 0.15) is 32.6 Å². The minimum absolute atomic E-state index is 0.0965. The molecule has 0 aliphatic carbocycles. The average Bonchev–Trinajstić information content (AvgIpc) is 2.43. The maximum Gasteiger partial charge on any atom is 0.306 e. The van der Waals surface area contributed by atoms with Gasteiger partial charge in [-0.2, -0.15) is 4.57 Å². The van der Waals surface area contributed by atoms with Gasteiger partial charge in [-0.3, -0.25) is 9.59 Å². The van der Waals surface area contributed by atoms with Crippen molar-refractivity contribution < 1.29 is 19.3 Å². The second-order valence-electron chi connectivity index (χ2n) is 4.86. The van der Waals surface area contributed by atoms with Crippen molar-refractivity contribution in [2.45, 2.75) is 39.2 Å². The normalized spacial score (nSPS) is 11.8. The number of pyridine rings is 1. The first-order chi connectivity index (χ1) is 9.63. The molecule has 0 saturated heterocycles. The molecule has 5 heteroatoms. The number of carbonyl (C=O) groups excluding carboxylic acids is 1. The Balaban J connectivity index is 2.28. The van der Waals surface area contributed by atoms with Gasteiger partial charge >= 0.3 is 5.97 Å². The zero-order valence-corrected chi connectivity index (χ0v) is 11.9. The van der Waals surface area contributed by atoms with Crippen LogP contribution < -0.4 is 9.88 Å². The second kappa shape index (κ2) is 9.07. The van der Waals surface area contributed by atoms with Gasteiger partial charge in [0.15, 0.2) is 12.4 Å². The van der Waals surface area contributed by atoms with Crippen molar-refractivity contribution in [1.29, 1.82) is 0 Å². The molecule has 0 aliphatic heterocycles. The van der Waals surface area contributed by atoms with Crippen LogP contribution in [0.2, 0.25) is 0 Å². The number of nitrogens with one attached hydrogen (secondary N) is 1. The monoisotopic (exact) mass is 279 g/mol. The van der Waals surface area contributed by atoms with Crippen molar-refractivity contribution >= 4 is 11.9 Å². The Morgan fingerprint density at radius 2 is 1.90 bits per heavy atom. The van der Waals surface area contributed by atoms with Crippen molar-refractivity contribution in [3.8, 4) is 0 Å². The van der Waals surface area contributed by atoms with Crippen molar-refractivity contribution in [3.05, 3.63) is 30.6 Å². The van der Waals surface area contributed by atoms with E-state index in [1.165, 1.54) is 0 Å². The van der Waals surface area contributed by atoms with Crippen molar-refractivity contribution in [1.82, 2.24) is 5.32 Å². The minimum Gasteiger partial charge on any atom is -0.481 e. The van der Waals surface area contributed by atoms with Crippen molar-refractivity contribution in [2.75, 3.05) is 6.54 Å². The molecule has 0 aliphatic rings. The maximum atomic E-state index is 11.7. The minimum atomic E-state index is -0.773. The molecular formula is C15H23N2O3+. The van der Waals surface area contributed by atoms with Gasteiger partial charge in [-0.05, 0) is 12.8 Å². The Morgan fingerprint density at radius 3 is 2.50 bits per heavy atom. The molecule has 110 valence electrons. The summed E-state index contributed by atoms with van der Waals surface area (Å²) in [5, 5.41) is 11.9. The summed E-state index contributed by atoms with van der Waals surface area (Å²) in [5.41, 5.74) is 0. The van der Waals surface area contributed by atoms with E-state index in [1.54, 1.807) is 4.57 Å². The number of amides is 1. The van der Waals surface area contributed by atoms with Crippen LogP contribution >= 0.6 is 0 Å². The SMILES string of the molecule is CCCCC(CCNC(=O)C[n+]1ccccc1)C(=O)O. The van der Waals surface area contributed by atoms with E-state index in [0.717, 1.165) is 12.8 Å². The van der Waals surface area contributed by atoms with Gasteiger partial charge < -0.3 is 10.4 Å². The quantitative estimate of drug-likeness (QED) is 0.671.